The summed E-state index contributed by atoms with van der Waals surface area (Å²) in [6.45, 7) is 10.8. The van der Waals surface area contributed by atoms with Crippen molar-refractivity contribution < 1.29 is 91.1 Å². The Morgan fingerprint density at radius 2 is 0.792 bits per heavy atom. The number of nitrogens with zero attached hydrogens (tertiary/aromatic N) is 2. The Hall–Kier alpha value is -5.54. The molecule has 0 unspecified atom stereocenters. The molecular formula is C54H80N4O19. The highest BCUT2D eigenvalue weighted by molar-refractivity contribution is 5.97. The fourth-order valence-corrected chi connectivity index (χ4v) is 6.98. The summed E-state index contributed by atoms with van der Waals surface area (Å²) in [5.74, 6) is -1.87. The summed E-state index contributed by atoms with van der Waals surface area (Å²) in [7, 11) is 0. The van der Waals surface area contributed by atoms with Gasteiger partial charge in [0.1, 0.15) is 0 Å². The number of hydrogen-bond acceptors (Lipinski definition) is 19. The van der Waals surface area contributed by atoms with Gasteiger partial charge in [-0.25, -0.2) is 4.79 Å². The summed E-state index contributed by atoms with van der Waals surface area (Å²) in [6, 6.07) is 18.2. The molecular weight excluding hydrogens is 1010 g/mol. The second-order valence-electron chi connectivity index (χ2n) is 16.8. The lowest BCUT2D eigenvalue weighted by Gasteiger charge is -2.27. The summed E-state index contributed by atoms with van der Waals surface area (Å²) in [6.07, 6.45) is 4.99. The number of fused-ring (bicyclic) bond motifs is 2. The van der Waals surface area contributed by atoms with Crippen LogP contribution in [0.3, 0.4) is 0 Å². The summed E-state index contributed by atoms with van der Waals surface area (Å²) in [4.78, 5) is 56.3. The molecule has 23 heteroatoms. The van der Waals surface area contributed by atoms with Crippen LogP contribution in [-0.2, 0) is 82.6 Å². The van der Waals surface area contributed by atoms with Crippen molar-refractivity contribution in [2.75, 3.05) is 177 Å². The van der Waals surface area contributed by atoms with Gasteiger partial charge in [0.05, 0.1) is 177 Å². The number of para-hydroxylation sites is 1. The third-order valence-corrected chi connectivity index (χ3v) is 10.9. The molecule has 0 atom stereocenters. The van der Waals surface area contributed by atoms with Gasteiger partial charge in [-0.3, -0.25) is 14.4 Å². The summed E-state index contributed by atoms with van der Waals surface area (Å²) >= 11 is 0. The van der Waals surface area contributed by atoms with E-state index in [-0.39, 0.29) is 74.9 Å². The van der Waals surface area contributed by atoms with Gasteiger partial charge in [0.15, 0.2) is 0 Å². The first kappa shape index (κ1) is 64.0. The van der Waals surface area contributed by atoms with Crippen LogP contribution in [0.4, 0.5) is 5.69 Å². The molecule has 0 fully saturated rings. The van der Waals surface area contributed by atoms with E-state index in [0.717, 1.165) is 22.4 Å². The van der Waals surface area contributed by atoms with E-state index in [2.05, 4.69) is 16.7 Å². The van der Waals surface area contributed by atoms with Crippen LogP contribution in [0.2, 0.25) is 0 Å². The number of aromatic hydroxyl groups is 2. The van der Waals surface area contributed by atoms with Gasteiger partial charge in [0, 0.05) is 44.5 Å². The molecule has 3 aromatic rings. The molecule has 0 saturated carbocycles. The Balaban J connectivity index is 0.774. The Kier molecular flexibility index (Phi) is 35.3. The average Bonchev–Trinajstić information content (AvgIpc) is 3.74. The quantitative estimate of drug-likeness (QED) is 0.0593. The highest BCUT2D eigenvalue weighted by Crippen LogP contribution is 2.29. The van der Waals surface area contributed by atoms with Crippen molar-refractivity contribution in [3.8, 4) is 11.8 Å². The fraction of sp³-hybridized carbons (Fsp3) is 0.593. The van der Waals surface area contributed by atoms with E-state index in [0.29, 0.717) is 170 Å². The molecule has 0 aliphatic carbocycles. The Morgan fingerprint density at radius 1 is 0.416 bits per heavy atom. The van der Waals surface area contributed by atoms with Gasteiger partial charge in [-0.1, -0.05) is 54.6 Å². The highest BCUT2D eigenvalue weighted by atomic mass is 16.7. The Labute approximate surface area is 451 Å². The van der Waals surface area contributed by atoms with Crippen LogP contribution in [-0.4, -0.2) is 210 Å². The van der Waals surface area contributed by atoms with Crippen LogP contribution in [0.15, 0.2) is 60.7 Å². The first-order chi connectivity index (χ1) is 37.8. The molecule has 0 saturated heterocycles. The molecule has 1 aromatic heterocycles. The van der Waals surface area contributed by atoms with E-state index in [4.69, 9.17) is 61.7 Å². The zero-order valence-electron chi connectivity index (χ0n) is 44.3. The number of anilines is 1. The van der Waals surface area contributed by atoms with E-state index in [9.17, 15) is 29.4 Å². The molecule has 4 rings (SSSR count). The predicted molar refractivity (Wildman–Crippen MR) is 281 cm³/mol. The van der Waals surface area contributed by atoms with E-state index in [1.54, 1.807) is 4.90 Å². The highest BCUT2D eigenvalue weighted by Gasteiger charge is 2.21. The average molecular weight is 1090 g/mol. The number of hydrogen-bond donors (Lipinski definition) is 4. The van der Waals surface area contributed by atoms with Crippen LogP contribution >= 0.6 is 0 Å². The summed E-state index contributed by atoms with van der Waals surface area (Å²) in [5, 5.41) is 24.5. The van der Waals surface area contributed by atoms with Crippen LogP contribution in [0.5, 0.6) is 11.8 Å². The first-order valence-corrected chi connectivity index (χ1v) is 26.2. The minimum absolute atomic E-state index is 0.0571. The van der Waals surface area contributed by atoms with Crippen molar-refractivity contribution in [3.05, 3.63) is 77.4 Å². The molecule has 0 bridgehead atoms. The van der Waals surface area contributed by atoms with Gasteiger partial charge in [0.25, 0.3) is 0 Å². The number of benzene rings is 2. The molecule has 1 aliphatic rings. The van der Waals surface area contributed by atoms with E-state index >= 15 is 0 Å². The van der Waals surface area contributed by atoms with Crippen LogP contribution in [0.25, 0.3) is 12.2 Å². The fourth-order valence-electron chi connectivity index (χ4n) is 6.98. The van der Waals surface area contributed by atoms with Gasteiger partial charge >= 0.3 is 5.97 Å². The zero-order valence-corrected chi connectivity index (χ0v) is 44.3. The molecule has 430 valence electrons. The van der Waals surface area contributed by atoms with Gasteiger partial charge in [-0.2, -0.15) is 0 Å². The van der Waals surface area contributed by atoms with E-state index in [1.807, 2.05) is 54.6 Å². The second kappa shape index (κ2) is 42.5. The van der Waals surface area contributed by atoms with Crippen molar-refractivity contribution >= 4 is 41.5 Å². The molecule has 0 radical (unpaired) electrons. The SMILES string of the molecule is O=C(CCCC(=O)NCCC(=O)N1Cc2ccccc2C=Cc2ccccc21)NCCOCCOCCOCCOCCOCCOCCOCCOCCOCCOCCOCCOCCC(=O)On1c(O)ccc1O. The molecule has 2 aromatic carbocycles. The van der Waals surface area contributed by atoms with Crippen molar-refractivity contribution in [2.45, 2.75) is 38.6 Å². The maximum absolute atomic E-state index is 13.4. The third kappa shape index (κ3) is 30.3. The molecule has 0 spiro atoms. The molecule has 2 heterocycles. The van der Waals surface area contributed by atoms with Crippen molar-refractivity contribution in [3.63, 3.8) is 0 Å². The maximum Gasteiger partial charge on any atom is 0.335 e. The van der Waals surface area contributed by atoms with E-state index in [1.165, 1.54) is 12.1 Å². The minimum Gasteiger partial charge on any atom is -0.492 e. The number of amides is 3. The molecule has 4 N–H and O–H groups in total. The largest absolute Gasteiger partial charge is 0.492 e. The second-order valence-corrected chi connectivity index (χ2v) is 16.8. The smallest absolute Gasteiger partial charge is 0.335 e. The van der Waals surface area contributed by atoms with Gasteiger partial charge in [0.2, 0.25) is 29.5 Å². The standard InChI is InChI=1S/C54H80N4O19/c59-49(55-18-16-51(61)57-44-47-8-2-1-6-45(47)12-13-46-7-3-4-9-48(46)57)10-5-11-50(60)56-19-21-66-23-25-68-27-29-70-31-33-72-35-37-74-39-41-76-43-42-75-40-38-73-36-34-71-32-30-69-28-26-67-24-22-65-20-17-54(64)77-58-52(62)14-15-53(58)63/h1-4,6-9,12-15,62-63H,5,10-11,16-44H2,(H,55,59)(H,56,60). The van der Waals surface area contributed by atoms with Crippen LogP contribution < -0.4 is 20.4 Å². The Morgan fingerprint density at radius 3 is 1.26 bits per heavy atom. The molecule has 3 amide bonds. The Bertz CT molecular complexity index is 2070. The van der Waals surface area contributed by atoms with Gasteiger partial charge in [-0.05, 0) is 29.2 Å². The summed E-state index contributed by atoms with van der Waals surface area (Å²) < 4.78 is 66.3. The number of carbonyl (C=O) groups is 4. The monoisotopic (exact) mass is 1090 g/mol. The lowest BCUT2D eigenvalue weighted by Crippen LogP contribution is -2.35. The number of nitrogens with one attached hydrogen (secondary N) is 2. The van der Waals surface area contributed by atoms with Crippen molar-refractivity contribution in [2.24, 2.45) is 0 Å². The van der Waals surface area contributed by atoms with Gasteiger partial charge in [-0.15, -0.1) is 4.73 Å². The lowest BCUT2D eigenvalue weighted by atomic mass is 10.0. The first-order valence-electron chi connectivity index (χ1n) is 26.2. The van der Waals surface area contributed by atoms with E-state index < -0.39 is 5.97 Å². The van der Waals surface area contributed by atoms with Crippen LogP contribution in [0, 0.1) is 0 Å². The number of carbonyl (C=O) groups excluding carboxylic acids is 4. The topological polar surface area (TPSA) is 261 Å². The number of rotatable bonds is 47. The minimum atomic E-state index is -0.668. The number of ether oxygens (including phenoxy) is 12. The molecule has 1 aliphatic heterocycles. The van der Waals surface area contributed by atoms with Crippen molar-refractivity contribution in [1.82, 2.24) is 15.4 Å². The van der Waals surface area contributed by atoms with Crippen LogP contribution in [0.1, 0.15) is 48.8 Å². The molecule has 23 nitrogen and oxygen atoms in total. The molecule has 77 heavy (non-hydrogen) atoms. The third-order valence-electron chi connectivity index (χ3n) is 10.9. The lowest BCUT2D eigenvalue weighted by molar-refractivity contribution is -0.146. The maximum atomic E-state index is 13.4. The number of aromatic nitrogens is 1. The predicted octanol–water partition coefficient (Wildman–Crippen LogP) is 2.95. The van der Waals surface area contributed by atoms with Crippen molar-refractivity contribution in [1.29, 1.82) is 0 Å². The summed E-state index contributed by atoms with van der Waals surface area (Å²) in [5.41, 5.74) is 3.91. The zero-order chi connectivity index (χ0) is 54.6. The normalized spacial score (nSPS) is 12.0. The van der Waals surface area contributed by atoms with Gasteiger partial charge < -0.3 is 87.4 Å².